The molecule has 0 saturated carbocycles. The molecule has 14 heavy (non-hydrogen) atoms. The third-order valence-electron chi connectivity index (χ3n) is 1.86. The van der Waals surface area contributed by atoms with E-state index in [4.69, 9.17) is 4.74 Å². The topological polar surface area (TPSA) is 62.4 Å². The van der Waals surface area contributed by atoms with Gasteiger partial charge in [0.25, 0.3) is 0 Å². The fraction of sp³-hybridized carbons (Fsp3) is 0.625. The molecule has 0 amide bonds. The molecular formula is C8H15N3O2S. The second-order valence-electron chi connectivity index (χ2n) is 2.68. The third-order valence-corrected chi connectivity index (χ3v) is 3.08. The highest BCUT2D eigenvalue weighted by Gasteiger charge is 2.34. The van der Waals surface area contributed by atoms with Gasteiger partial charge in [-0.2, -0.15) is 0 Å². The number of ether oxygens (including phenoxy) is 1. The fourth-order valence-electron chi connectivity index (χ4n) is 1.07. The van der Waals surface area contributed by atoms with Crippen LogP contribution in [0.25, 0.3) is 0 Å². The van der Waals surface area contributed by atoms with Crippen molar-refractivity contribution in [3.63, 3.8) is 0 Å². The molecular weight excluding hydrogens is 202 g/mol. The van der Waals surface area contributed by atoms with Crippen molar-refractivity contribution in [2.45, 2.75) is 12.0 Å². The van der Waals surface area contributed by atoms with Gasteiger partial charge in [0.05, 0.1) is 6.61 Å². The maximum absolute atomic E-state index is 11.3. The Morgan fingerprint density at radius 3 is 2.71 bits per heavy atom. The molecule has 0 bridgehead atoms. The molecule has 0 aromatic heterocycles. The zero-order valence-corrected chi connectivity index (χ0v) is 9.33. The Balaban J connectivity index is 2.58. The maximum Gasteiger partial charge on any atom is 0.355 e. The van der Waals surface area contributed by atoms with Crippen LogP contribution in [0.5, 0.6) is 0 Å². The highest BCUT2D eigenvalue weighted by Crippen LogP contribution is 2.26. The molecule has 3 N–H and O–H groups in total. The summed E-state index contributed by atoms with van der Waals surface area (Å²) in [7, 11) is 3.61. The normalized spacial score (nSPS) is 18.6. The van der Waals surface area contributed by atoms with Gasteiger partial charge in [0.15, 0.2) is 5.12 Å². The molecule has 0 radical (unpaired) electrons. The van der Waals surface area contributed by atoms with Crippen molar-refractivity contribution in [3.05, 3.63) is 11.1 Å². The minimum Gasteiger partial charge on any atom is -0.461 e. The Kier molecular flexibility index (Phi) is 3.79. The van der Waals surface area contributed by atoms with Crippen LogP contribution in [0.1, 0.15) is 6.92 Å². The van der Waals surface area contributed by atoms with E-state index in [1.54, 1.807) is 26.4 Å². The number of carbonyl (C=O) groups is 1. The van der Waals surface area contributed by atoms with Crippen LogP contribution in [-0.2, 0) is 9.53 Å². The number of hydrogen-bond acceptors (Lipinski definition) is 6. The molecule has 0 atom stereocenters. The lowest BCUT2D eigenvalue weighted by Crippen LogP contribution is -2.59. The molecule has 1 aliphatic heterocycles. The highest BCUT2D eigenvalue weighted by atomic mass is 32.2. The van der Waals surface area contributed by atoms with Crippen molar-refractivity contribution in [1.29, 1.82) is 0 Å². The second-order valence-corrected chi connectivity index (χ2v) is 3.76. The SMILES string of the molecule is CCOC(=O)C1=CSC(NC)(NC)N1. The average molecular weight is 217 g/mol. The van der Waals surface area contributed by atoms with E-state index in [0.717, 1.165) is 0 Å². The summed E-state index contributed by atoms with van der Waals surface area (Å²) in [6, 6.07) is 0. The van der Waals surface area contributed by atoms with E-state index in [1.807, 2.05) is 0 Å². The van der Waals surface area contributed by atoms with E-state index in [1.165, 1.54) is 11.8 Å². The predicted octanol–water partition coefficient (Wildman–Crippen LogP) is -0.223. The number of esters is 1. The van der Waals surface area contributed by atoms with Crippen LogP contribution in [-0.4, -0.2) is 31.8 Å². The molecule has 1 heterocycles. The summed E-state index contributed by atoms with van der Waals surface area (Å²) in [5, 5.41) is 10.3. The minimum atomic E-state index is -0.498. The Hall–Kier alpha value is -0.720. The van der Waals surface area contributed by atoms with Crippen molar-refractivity contribution >= 4 is 17.7 Å². The van der Waals surface area contributed by atoms with Crippen molar-refractivity contribution in [2.24, 2.45) is 0 Å². The largest absolute Gasteiger partial charge is 0.461 e. The first kappa shape index (κ1) is 11.4. The minimum absolute atomic E-state index is 0.327. The molecule has 0 unspecified atom stereocenters. The average Bonchev–Trinajstić information content (AvgIpc) is 2.63. The number of rotatable bonds is 4. The van der Waals surface area contributed by atoms with Crippen LogP contribution >= 0.6 is 11.8 Å². The predicted molar refractivity (Wildman–Crippen MR) is 56.3 cm³/mol. The van der Waals surface area contributed by atoms with E-state index in [-0.39, 0.29) is 5.97 Å². The van der Waals surface area contributed by atoms with Gasteiger partial charge in [-0.1, -0.05) is 11.8 Å². The molecule has 1 aliphatic rings. The highest BCUT2D eigenvalue weighted by molar-refractivity contribution is 8.03. The van der Waals surface area contributed by atoms with Crippen LogP contribution in [0.4, 0.5) is 0 Å². The van der Waals surface area contributed by atoms with E-state index in [2.05, 4.69) is 16.0 Å². The van der Waals surface area contributed by atoms with E-state index in [9.17, 15) is 4.79 Å². The Morgan fingerprint density at radius 2 is 2.29 bits per heavy atom. The zero-order chi connectivity index (χ0) is 10.6. The molecule has 0 aromatic carbocycles. The van der Waals surface area contributed by atoms with Gasteiger partial charge in [0, 0.05) is 5.41 Å². The lowest BCUT2D eigenvalue weighted by atomic mass is 10.5. The van der Waals surface area contributed by atoms with E-state index < -0.39 is 5.12 Å². The van der Waals surface area contributed by atoms with Crippen LogP contribution in [0.2, 0.25) is 0 Å². The molecule has 6 heteroatoms. The molecule has 5 nitrogen and oxygen atoms in total. The van der Waals surface area contributed by atoms with E-state index in [0.29, 0.717) is 12.3 Å². The monoisotopic (exact) mass is 217 g/mol. The molecule has 0 fully saturated rings. The molecule has 0 saturated heterocycles. The number of hydrogen-bond donors (Lipinski definition) is 3. The fourth-order valence-corrected chi connectivity index (χ4v) is 1.93. The summed E-state index contributed by atoms with van der Waals surface area (Å²) in [5.74, 6) is -0.327. The first-order valence-electron chi connectivity index (χ1n) is 4.38. The van der Waals surface area contributed by atoms with Crippen LogP contribution in [0.3, 0.4) is 0 Å². The number of thioether (sulfide) groups is 1. The smallest absolute Gasteiger partial charge is 0.355 e. The molecule has 0 spiro atoms. The summed E-state index contributed by atoms with van der Waals surface area (Å²) in [4.78, 5) is 11.3. The standard InChI is InChI=1S/C8H15N3O2S/c1-4-13-7(12)6-5-14-8(9-2,10-3)11-6/h5,9-11H,4H2,1-3H3. The Morgan fingerprint density at radius 1 is 1.64 bits per heavy atom. The van der Waals surface area contributed by atoms with Gasteiger partial charge in [0.1, 0.15) is 5.70 Å². The Labute approximate surface area is 87.6 Å². The molecule has 0 aromatic rings. The van der Waals surface area contributed by atoms with E-state index >= 15 is 0 Å². The van der Waals surface area contributed by atoms with Gasteiger partial charge in [-0.3, -0.25) is 10.6 Å². The van der Waals surface area contributed by atoms with Gasteiger partial charge in [-0.15, -0.1) is 0 Å². The summed E-state index contributed by atoms with van der Waals surface area (Å²) in [6.45, 7) is 2.17. The lowest BCUT2D eigenvalue weighted by molar-refractivity contribution is -0.139. The Bertz CT molecular complexity index is 251. The van der Waals surface area contributed by atoms with Gasteiger partial charge in [-0.05, 0) is 21.0 Å². The number of nitrogens with one attached hydrogen (secondary N) is 3. The van der Waals surface area contributed by atoms with Crippen LogP contribution in [0, 0.1) is 0 Å². The molecule has 0 aliphatic carbocycles. The summed E-state index contributed by atoms with van der Waals surface area (Å²) in [5.41, 5.74) is 0.473. The summed E-state index contributed by atoms with van der Waals surface area (Å²) in [6.07, 6.45) is 0. The van der Waals surface area contributed by atoms with Crippen molar-refractivity contribution in [2.75, 3.05) is 20.7 Å². The van der Waals surface area contributed by atoms with Gasteiger partial charge in [0.2, 0.25) is 0 Å². The summed E-state index contributed by atoms with van der Waals surface area (Å²) >= 11 is 1.46. The van der Waals surface area contributed by atoms with Gasteiger partial charge < -0.3 is 10.1 Å². The van der Waals surface area contributed by atoms with Gasteiger partial charge >= 0.3 is 5.97 Å². The van der Waals surface area contributed by atoms with Crippen molar-refractivity contribution in [3.8, 4) is 0 Å². The van der Waals surface area contributed by atoms with Crippen molar-refractivity contribution in [1.82, 2.24) is 16.0 Å². The molecule has 80 valence electrons. The zero-order valence-electron chi connectivity index (χ0n) is 8.51. The molecule has 1 rings (SSSR count). The van der Waals surface area contributed by atoms with Crippen LogP contribution in [0.15, 0.2) is 11.1 Å². The quantitative estimate of drug-likeness (QED) is 0.447. The van der Waals surface area contributed by atoms with Gasteiger partial charge in [-0.25, -0.2) is 4.79 Å². The third kappa shape index (κ3) is 2.20. The maximum atomic E-state index is 11.3. The first-order valence-corrected chi connectivity index (χ1v) is 5.26. The second kappa shape index (κ2) is 4.68. The summed E-state index contributed by atoms with van der Waals surface area (Å²) < 4.78 is 4.87. The number of carbonyl (C=O) groups excluding carboxylic acids is 1. The first-order chi connectivity index (χ1) is 6.67. The lowest BCUT2D eigenvalue weighted by Gasteiger charge is -2.28. The van der Waals surface area contributed by atoms with Crippen LogP contribution < -0.4 is 16.0 Å². The van der Waals surface area contributed by atoms with Crippen molar-refractivity contribution < 1.29 is 9.53 Å².